The van der Waals surface area contributed by atoms with E-state index in [4.69, 9.17) is 15.2 Å². The van der Waals surface area contributed by atoms with Crippen LogP contribution in [0.15, 0.2) is 47.4 Å². The Balaban J connectivity index is 1.80. The third kappa shape index (κ3) is 2.51. The number of carbonyl (C=O) groups is 1. The third-order valence-electron chi connectivity index (χ3n) is 5.43. The number of fused-ring (bicyclic) bond motifs is 1. The van der Waals surface area contributed by atoms with Crippen molar-refractivity contribution in [2.75, 3.05) is 13.3 Å². The largest absolute Gasteiger partial charge is 0.481 e. The van der Waals surface area contributed by atoms with Gasteiger partial charge in [-0.1, -0.05) is 23.8 Å². The fraction of sp³-hybridized carbons (Fsp3) is 0.316. The van der Waals surface area contributed by atoms with Crippen LogP contribution in [0.25, 0.3) is 0 Å². The highest BCUT2D eigenvalue weighted by molar-refractivity contribution is 7.92. The number of carboxylic acid groups (broad SMARTS) is 1. The molecule has 3 N–H and O–H groups in total. The van der Waals surface area contributed by atoms with Gasteiger partial charge in [-0.3, -0.25) is 4.79 Å². The lowest BCUT2D eigenvalue weighted by Crippen LogP contribution is -2.31. The van der Waals surface area contributed by atoms with Crippen molar-refractivity contribution in [2.45, 2.75) is 23.0 Å². The standard InChI is InChI=1S/C19H19NO6S/c1-11-2-5-13(6-3-11)27(23,24)17-16(19(17,9-20)18(21)22)12-4-7-14-15(8-12)26-10-25-14/h2-8,16-17H,9-10,20H2,1H3,(H,21,22)/t16-,17+,19+/m0/s1. The molecule has 3 atom stereocenters. The van der Waals surface area contributed by atoms with E-state index < -0.39 is 32.4 Å². The maximum atomic E-state index is 13.2. The molecular weight excluding hydrogens is 370 g/mol. The van der Waals surface area contributed by atoms with Crippen molar-refractivity contribution in [3.05, 3.63) is 53.6 Å². The van der Waals surface area contributed by atoms with E-state index in [2.05, 4.69) is 0 Å². The highest BCUT2D eigenvalue weighted by Crippen LogP contribution is 2.64. The molecule has 0 aromatic heterocycles. The molecule has 27 heavy (non-hydrogen) atoms. The van der Waals surface area contributed by atoms with Crippen molar-refractivity contribution in [3.63, 3.8) is 0 Å². The molecule has 1 heterocycles. The number of nitrogens with two attached hydrogens (primary N) is 1. The second kappa shape index (κ2) is 5.97. The summed E-state index contributed by atoms with van der Waals surface area (Å²) >= 11 is 0. The van der Waals surface area contributed by atoms with Crippen LogP contribution >= 0.6 is 0 Å². The molecule has 1 aliphatic heterocycles. The molecule has 1 fully saturated rings. The topological polar surface area (TPSA) is 116 Å². The van der Waals surface area contributed by atoms with Crippen molar-refractivity contribution in [1.82, 2.24) is 0 Å². The van der Waals surface area contributed by atoms with Crippen LogP contribution in [0.4, 0.5) is 0 Å². The average molecular weight is 389 g/mol. The minimum Gasteiger partial charge on any atom is -0.481 e. The Morgan fingerprint density at radius 3 is 2.48 bits per heavy atom. The van der Waals surface area contributed by atoms with Crippen molar-refractivity contribution in [1.29, 1.82) is 0 Å². The lowest BCUT2D eigenvalue weighted by Gasteiger charge is -2.10. The second-order valence-electron chi connectivity index (χ2n) is 6.92. The average Bonchev–Trinajstić information content (AvgIpc) is 3.15. The summed E-state index contributed by atoms with van der Waals surface area (Å²) in [5, 5.41) is 8.71. The molecule has 0 saturated heterocycles. The quantitative estimate of drug-likeness (QED) is 0.799. The zero-order valence-corrected chi connectivity index (χ0v) is 15.4. The van der Waals surface area contributed by atoms with Gasteiger partial charge in [0.1, 0.15) is 5.41 Å². The molecule has 0 bridgehead atoms. The molecule has 0 unspecified atom stereocenters. The van der Waals surface area contributed by atoms with Crippen LogP contribution in [0.2, 0.25) is 0 Å². The second-order valence-corrected chi connectivity index (χ2v) is 8.99. The fourth-order valence-electron chi connectivity index (χ4n) is 3.90. The first-order valence-corrected chi connectivity index (χ1v) is 10.0. The van der Waals surface area contributed by atoms with Crippen molar-refractivity contribution >= 4 is 15.8 Å². The number of ether oxygens (including phenoxy) is 2. The van der Waals surface area contributed by atoms with Crippen molar-refractivity contribution in [3.8, 4) is 11.5 Å². The van der Waals surface area contributed by atoms with E-state index in [0.717, 1.165) is 5.56 Å². The normalized spacial score (nSPS) is 26.0. The number of benzene rings is 2. The van der Waals surface area contributed by atoms with E-state index in [1.807, 2.05) is 6.92 Å². The van der Waals surface area contributed by atoms with E-state index in [1.54, 1.807) is 30.3 Å². The zero-order valence-electron chi connectivity index (χ0n) is 14.6. The van der Waals surface area contributed by atoms with Gasteiger partial charge in [-0.2, -0.15) is 0 Å². The van der Waals surface area contributed by atoms with Gasteiger partial charge in [0.2, 0.25) is 6.79 Å². The predicted molar refractivity (Wildman–Crippen MR) is 96.6 cm³/mol. The van der Waals surface area contributed by atoms with Crippen molar-refractivity contribution in [2.24, 2.45) is 11.1 Å². The molecule has 2 aromatic rings. The zero-order chi connectivity index (χ0) is 19.4. The van der Waals surface area contributed by atoms with Gasteiger partial charge in [0.15, 0.2) is 21.3 Å². The van der Waals surface area contributed by atoms with Gasteiger partial charge in [-0.25, -0.2) is 8.42 Å². The number of hydrogen-bond donors (Lipinski definition) is 2. The Bertz CT molecular complexity index is 1020. The summed E-state index contributed by atoms with van der Waals surface area (Å²) in [6.45, 7) is 1.65. The molecule has 8 heteroatoms. The summed E-state index contributed by atoms with van der Waals surface area (Å²) in [5.41, 5.74) is 5.71. The third-order valence-corrected chi connectivity index (χ3v) is 7.72. The Hall–Kier alpha value is -2.58. The molecule has 142 valence electrons. The van der Waals surface area contributed by atoms with Crippen LogP contribution in [0.5, 0.6) is 11.5 Å². The van der Waals surface area contributed by atoms with E-state index in [-0.39, 0.29) is 18.2 Å². The van der Waals surface area contributed by atoms with Crippen LogP contribution in [-0.4, -0.2) is 38.1 Å². The first-order chi connectivity index (χ1) is 12.8. The Morgan fingerprint density at radius 1 is 1.19 bits per heavy atom. The van der Waals surface area contributed by atoms with Gasteiger partial charge in [0.05, 0.1) is 10.1 Å². The molecule has 0 spiro atoms. The van der Waals surface area contributed by atoms with Crippen LogP contribution < -0.4 is 15.2 Å². The minimum atomic E-state index is -3.89. The summed E-state index contributed by atoms with van der Waals surface area (Å²) in [6.07, 6.45) is 0. The summed E-state index contributed by atoms with van der Waals surface area (Å²) < 4.78 is 37.1. The Kier molecular flexibility index (Phi) is 3.94. The molecule has 0 radical (unpaired) electrons. The lowest BCUT2D eigenvalue weighted by atomic mass is 9.99. The number of carboxylic acids is 1. The minimum absolute atomic E-state index is 0.0789. The molecular formula is C19H19NO6S. The van der Waals surface area contributed by atoms with E-state index in [0.29, 0.717) is 17.1 Å². The predicted octanol–water partition coefficient (Wildman–Crippen LogP) is 1.69. The molecule has 0 amide bonds. The van der Waals surface area contributed by atoms with Crippen LogP contribution in [0.3, 0.4) is 0 Å². The molecule has 1 saturated carbocycles. The van der Waals surface area contributed by atoms with E-state index in [1.165, 1.54) is 12.1 Å². The number of rotatable bonds is 5. The molecule has 2 aliphatic rings. The van der Waals surface area contributed by atoms with Gasteiger partial charge in [-0.15, -0.1) is 0 Å². The van der Waals surface area contributed by atoms with Crippen molar-refractivity contribution < 1.29 is 27.8 Å². The number of sulfone groups is 1. The van der Waals surface area contributed by atoms with Gasteiger partial charge >= 0.3 is 5.97 Å². The summed E-state index contributed by atoms with van der Waals surface area (Å²) in [4.78, 5) is 12.2. The first kappa shape index (κ1) is 17.8. The maximum absolute atomic E-state index is 13.2. The lowest BCUT2D eigenvalue weighted by molar-refractivity contribution is -0.143. The van der Waals surface area contributed by atoms with Crippen LogP contribution in [0.1, 0.15) is 17.0 Å². The fourth-order valence-corrected chi connectivity index (χ4v) is 6.28. The first-order valence-electron chi connectivity index (χ1n) is 8.46. The van der Waals surface area contributed by atoms with E-state index in [9.17, 15) is 18.3 Å². The van der Waals surface area contributed by atoms with Crippen LogP contribution in [0, 0.1) is 12.3 Å². The molecule has 2 aromatic carbocycles. The molecule has 4 rings (SSSR count). The molecule has 1 aliphatic carbocycles. The summed E-state index contributed by atoms with van der Waals surface area (Å²) in [6, 6.07) is 11.4. The Labute approximate surface area is 156 Å². The number of aliphatic carboxylic acids is 1. The monoisotopic (exact) mass is 389 g/mol. The smallest absolute Gasteiger partial charge is 0.312 e. The van der Waals surface area contributed by atoms with E-state index >= 15 is 0 Å². The SMILES string of the molecule is Cc1ccc(S(=O)(=O)[C@@H]2[C@H](c3ccc4c(c3)OCO4)[C@@]2(CN)C(=O)O)cc1. The highest BCUT2D eigenvalue weighted by Gasteiger charge is 2.75. The Morgan fingerprint density at radius 2 is 1.85 bits per heavy atom. The summed E-state index contributed by atoms with van der Waals surface area (Å²) in [7, 11) is -3.89. The number of aryl methyl sites for hydroxylation is 1. The maximum Gasteiger partial charge on any atom is 0.312 e. The highest BCUT2D eigenvalue weighted by atomic mass is 32.2. The van der Waals surface area contributed by atoms with Gasteiger partial charge in [0, 0.05) is 12.5 Å². The summed E-state index contributed by atoms with van der Waals surface area (Å²) in [5.74, 6) is -0.956. The molecule has 7 nitrogen and oxygen atoms in total. The van der Waals surface area contributed by atoms with Gasteiger partial charge in [0.25, 0.3) is 0 Å². The van der Waals surface area contributed by atoms with Crippen LogP contribution in [-0.2, 0) is 14.6 Å². The van der Waals surface area contributed by atoms with Gasteiger partial charge < -0.3 is 20.3 Å². The van der Waals surface area contributed by atoms with Gasteiger partial charge in [-0.05, 0) is 36.8 Å². The number of hydrogen-bond acceptors (Lipinski definition) is 6.